The number of nitrogens with zero attached hydrogens (tertiary/aromatic N) is 4. The van der Waals surface area contributed by atoms with Gasteiger partial charge in [-0.1, -0.05) is 30.3 Å². The van der Waals surface area contributed by atoms with Gasteiger partial charge >= 0.3 is 0 Å². The fraction of sp³-hybridized carbons (Fsp3) is 0.522. The maximum absolute atomic E-state index is 11.5. The van der Waals surface area contributed by atoms with Crippen LogP contribution in [0, 0.1) is 0 Å². The summed E-state index contributed by atoms with van der Waals surface area (Å²) in [5.74, 6) is 1.56. The number of carbonyl (C=O) groups is 1. The Morgan fingerprint density at radius 3 is 2.68 bits per heavy atom. The molecule has 1 aromatic carbocycles. The number of hydrogen-bond acceptors (Lipinski definition) is 4. The molecular weight excluding hydrogens is 348 g/mol. The number of hydrogen-bond donors (Lipinski definition) is 0. The van der Waals surface area contributed by atoms with Gasteiger partial charge in [0.25, 0.3) is 0 Å². The minimum atomic E-state index is 0.178. The smallest absolute Gasteiger partial charge is 0.219 e. The Hall–Kier alpha value is -2.27. The first-order chi connectivity index (χ1) is 13.7. The molecule has 0 radical (unpaired) electrons. The van der Waals surface area contributed by atoms with Crippen molar-refractivity contribution < 1.29 is 4.79 Å². The first-order valence-corrected chi connectivity index (χ1v) is 10.6. The number of rotatable bonds is 5. The quantitative estimate of drug-likeness (QED) is 0.802. The molecule has 3 heterocycles. The maximum Gasteiger partial charge on any atom is 0.219 e. The largest absolute Gasteiger partial charge is 0.343 e. The second-order valence-corrected chi connectivity index (χ2v) is 8.10. The molecule has 4 rings (SSSR count). The summed E-state index contributed by atoms with van der Waals surface area (Å²) in [6, 6.07) is 10.7. The van der Waals surface area contributed by atoms with Crippen molar-refractivity contribution in [2.24, 2.45) is 0 Å². The molecule has 2 aliphatic rings. The van der Waals surface area contributed by atoms with E-state index in [4.69, 9.17) is 9.97 Å². The lowest BCUT2D eigenvalue weighted by atomic mass is 9.95. The summed E-state index contributed by atoms with van der Waals surface area (Å²) >= 11 is 0. The molecule has 0 unspecified atom stereocenters. The maximum atomic E-state index is 11.5. The lowest BCUT2D eigenvalue weighted by molar-refractivity contribution is -0.129. The van der Waals surface area contributed by atoms with Crippen molar-refractivity contribution >= 4 is 5.91 Å². The molecule has 1 aromatic heterocycles. The van der Waals surface area contributed by atoms with Crippen LogP contribution in [0.15, 0.2) is 36.5 Å². The number of amides is 1. The Bertz CT molecular complexity index is 800. The summed E-state index contributed by atoms with van der Waals surface area (Å²) in [4.78, 5) is 25.6. The van der Waals surface area contributed by atoms with Gasteiger partial charge in [-0.05, 0) is 37.8 Å². The molecule has 1 fully saturated rings. The van der Waals surface area contributed by atoms with Gasteiger partial charge in [-0.2, -0.15) is 0 Å². The van der Waals surface area contributed by atoms with Crippen LogP contribution in [0.25, 0.3) is 0 Å². The molecule has 0 atom stereocenters. The summed E-state index contributed by atoms with van der Waals surface area (Å²) in [5.41, 5.74) is 3.94. The van der Waals surface area contributed by atoms with Crippen LogP contribution in [-0.4, -0.2) is 51.9 Å². The Morgan fingerprint density at radius 1 is 1.14 bits per heavy atom. The van der Waals surface area contributed by atoms with Crippen molar-refractivity contribution in [2.75, 3.05) is 26.2 Å². The monoisotopic (exact) mass is 378 g/mol. The van der Waals surface area contributed by atoms with Crippen LogP contribution in [0.1, 0.15) is 54.7 Å². The summed E-state index contributed by atoms with van der Waals surface area (Å²) in [7, 11) is 0. The highest BCUT2D eigenvalue weighted by molar-refractivity contribution is 5.73. The molecule has 1 saturated heterocycles. The normalized spacial score (nSPS) is 18.1. The van der Waals surface area contributed by atoms with Crippen molar-refractivity contribution in [3.05, 3.63) is 59.2 Å². The summed E-state index contributed by atoms with van der Waals surface area (Å²) < 4.78 is 0. The van der Waals surface area contributed by atoms with Crippen molar-refractivity contribution in [1.82, 2.24) is 19.8 Å². The molecule has 28 heavy (non-hydrogen) atoms. The van der Waals surface area contributed by atoms with E-state index in [1.807, 2.05) is 4.90 Å². The zero-order valence-corrected chi connectivity index (χ0v) is 16.8. The van der Waals surface area contributed by atoms with E-state index in [-0.39, 0.29) is 5.91 Å². The van der Waals surface area contributed by atoms with Crippen LogP contribution in [0.4, 0.5) is 0 Å². The molecule has 0 aliphatic carbocycles. The van der Waals surface area contributed by atoms with E-state index in [9.17, 15) is 4.79 Å². The third-order valence-electron chi connectivity index (χ3n) is 6.12. The lowest BCUT2D eigenvalue weighted by Gasteiger charge is -2.32. The van der Waals surface area contributed by atoms with E-state index in [2.05, 4.69) is 41.4 Å². The predicted octanol–water partition coefficient (Wildman–Crippen LogP) is 3.19. The summed E-state index contributed by atoms with van der Waals surface area (Å²) in [5, 5.41) is 0. The Labute approximate surface area is 167 Å². The van der Waals surface area contributed by atoms with Crippen molar-refractivity contribution in [2.45, 2.75) is 51.5 Å². The second-order valence-electron chi connectivity index (χ2n) is 8.10. The van der Waals surface area contributed by atoms with E-state index < -0.39 is 0 Å². The molecular formula is C23H30N4O. The minimum Gasteiger partial charge on any atom is -0.343 e. The average molecular weight is 379 g/mol. The van der Waals surface area contributed by atoms with Gasteiger partial charge in [0.1, 0.15) is 5.82 Å². The Balaban J connectivity index is 1.30. The van der Waals surface area contributed by atoms with E-state index in [1.54, 1.807) is 6.92 Å². The average Bonchev–Trinajstić information content (AvgIpc) is 2.74. The molecule has 1 amide bonds. The van der Waals surface area contributed by atoms with Gasteiger partial charge in [0, 0.05) is 62.9 Å². The summed E-state index contributed by atoms with van der Waals surface area (Å²) in [6.45, 7) is 6.49. The van der Waals surface area contributed by atoms with E-state index >= 15 is 0 Å². The van der Waals surface area contributed by atoms with Crippen molar-refractivity contribution in [3.8, 4) is 0 Å². The second kappa shape index (κ2) is 8.82. The molecule has 0 N–H and O–H groups in total. The van der Waals surface area contributed by atoms with Gasteiger partial charge in [-0.15, -0.1) is 0 Å². The zero-order chi connectivity index (χ0) is 19.3. The van der Waals surface area contributed by atoms with Gasteiger partial charge in [0.15, 0.2) is 0 Å². The predicted molar refractivity (Wildman–Crippen MR) is 110 cm³/mol. The Kier molecular flexibility index (Phi) is 6.01. The fourth-order valence-electron chi connectivity index (χ4n) is 4.38. The number of carbonyl (C=O) groups excluding carboxylic acids is 1. The van der Waals surface area contributed by atoms with Gasteiger partial charge in [-0.3, -0.25) is 9.69 Å². The molecule has 2 aliphatic heterocycles. The van der Waals surface area contributed by atoms with Crippen LogP contribution in [0.2, 0.25) is 0 Å². The Morgan fingerprint density at radius 2 is 1.93 bits per heavy atom. The summed E-state index contributed by atoms with van der Waals surface area (Å²) in [6.07, 6.45) is 7.35. The molecule has 0 spiro atoms. The highest BCUT2D eigenvalue weighted by atomic mass is 16.2. The van der Waals surface area contributed by atoms with Crippen LogP contribution >= 0.6 is 0 Å². The molecule has 5 nitrogen and oxygen atoms in total. The van der Waals surface area contributed by atoms with Gasteiger partial charge in [0.2, 0.25) is 5.91 Å². The number of aromatic nitrogens is 2. The molecule has 0 saturated carbocycles. The number of likely N-dealkylation sites (tertiary alicyclic amines) is 1. The highest BCUT2D eigenvalue weighted by Gasteiger charge is 2.25. The standard InChI is InChI=1S/C23H30N4O/c1-18(28)27-14-9-20(10-15-27)23-24-16-21-17-26(13-11-22(21)25-23)12-5-8-19-6-3-2-4-7-19/h2-4,6-7,16,20H,5,8-15,17H2,1H3. The van der Waals surface area contributed by atoms with Gasteiger partial charge in [0.05, 0.1) is 0 Å². The van der Waals surface area contributed by atoms with Crippen LogP contribution < -0.4 is 0 Å². The first kappa shape index (κ1) is 19.1. The SMILES string of the molecule is CC(=O)N1CCC(c2ncc3c(n2)CCN(CCCc2ccccc2)C3)CC1. The van der Waals surface area contributed by atoms with Crippen LogP contribution in [0.3, 0.4) is 0 Å². The molecule has 5 heteroatoms. The molecule has 2 aromatic rings. The van der Waals surface area contributed by atoms with Crippen LogP contribution in [-0.2, 0) is 24.2 Å². The first-order valence-electron chi connectivity index (χ1n) is 10.6. The number of piperidine rings is 1. The minimum absolute atomic E-state index is 0.178. The zero-order valence-electron chi connectivity index (χ0n) is 16.8. The van der Waals surface area contributed by atoms with Crippen molar-refractivity contribution in [1.29, 1.82) is 0 Å². The number of aryl methyl sites for hydroxylation is 1. The number of benzene rings is 1. The van der Waals surface area contributed by atoms with Crippen molar-refractivity contribution in [3.63, 3.8) is 0 Å². The topological polar surface area (TPSA) is 49.3 Å². The highest BCUT2D eigenvalue weighted by Crippen LogP contribution is 2.27. The van der Waals surface area contributed by atoms with Gasteiger partial charge in [-0.25, -0.2) is 9.97 Å². The van der Waals surface area contributed by atoms with E-state index in [0.717, 1.165) is 64.2 Å². The van der Waals surface area contributed by atoms with E-state index in [1.165, 1.54) is 23.2 Å². The third kappa shape index (κ3) is 4.58. The van der Waals surface area contributed by atoms with Crippen LogP contribution in [0.5, 0.6) is 0 Å². The third-order valence-corrected chi connectivity index (χ3v) is 6.12. The molecule has 148 valence electrons. The van der Waals surface area contributed by atoms with Gasteiger partial charge < -0.3 is 4.90 Å². The van der Waals surface area contributed by atoms with E-state index in [0.29, 0.717) is 5.92 Å². The number of fused-ring (bicyclic) bond motifs is 1. The fourth-order valence-corrected chi connectivity index (χ4v) is 4.38. The molecule has 0 bridgehead atoms. The lowest BCUT2D eigenvalue weighted by Crippen LogP contribution is -2.37.